The molecule has 0 bridgehead atoms. The molecule has 1 aliphatic heterocycles. The highest BCUT2D eigenvalue weighted by molar-refractivity contribution is 8.03. The molecule has 0 aromatic heterocycles. The van der Waals surface area contributed by atoms with Crippen molar-refractivity contribution in [3.8, 4) is 6.07 Å². The number of nitrogens with zero attached hydrogens (tertiary/aromatic N) is 3. The predicted octanol–water partition coefficient (Wildman–Crippen LogP) is 1.99. The third-order valence-electron chi connectivity index (χ3n) is 3.74. The third kappa shape index (κ3) is 4.62. The molecule has 1 N–H and O–H groups in total. The minimum Gasteiger partial charge on any atom is -0.355 e. The molecule has 25 heavy (non-hydrogen) atoms. The Morgan fingerprint density at radius 3 is 2.68 bits per heavy atom. The first-order valence-corrected chi connectivity index (χ1v) is 8.93. The van der Waals surface area contributed by atoms with Gasteiger partial charge in [0.1, 0.15) is 16.7 Å². The number of fused-ring (bicyclic) bond motifs is 1. The topological polar surface area (TPSA) is 76.4 Å². The fraction of sp³-hybridized carbons (Fsp3) is 0.389. The van der Waals surface area contributed by atoms with Crippen molar-refractivity contribution in [1.82, 2.24) is 10.2 Å². The van der Waals surface area contributed by atoms with Gasteiger partial charge in [0.25, 0.3) is 0 Å². The van der Waals surface area contributed by atoms with E-state index < -0.39 is 0 Å². The van der Waals surface area contributed by atoms with Gasteiger partial charge in [-0.05, 0) is 25.6 Å². The van der Waals surface area contributed by atoms with E-state index in [-0.39, 0.29) is 30.4 Å². The summed E-state index contributed by atoms with van der Waals surface area (Å²) in [6.45, 7) is 2.75. The molecule has 1 amide bonds. The molecular formula is C18H22N4O2S. The first-order chi connectivity index (χ1) is 12.0. The van der Waals surface area contributed by atoms with E-state index in [1.54, 1.807) is 11.9 Å². The Bertz CT molecular complexity index is 739. The standard InChI is InChI=1S/C18H22N4O2S/c1-4-9-20-17(24)12-21(2)11-15(23)13(10-19)18-22(3)14-7-5-6-8-16(14)25-18/h5-8H,4,9,11-12H2,1-3H3,(H,20,24)/b18-13-. The molecule has 1 aromatic carbocycles. The van der Waals surface area contributed by atoms with Crippen molar-refractivity contribution in [2.24, 2.45) is 0 Å². The molecule has 1 aliphatic rings. The average molecular weight is 358 g/mol. The maximum Gasteiger partial charge on any atom is 0.234 e. The number of anilines is 1. The molecule has 0 fully saturated rings. The van der Waals surface area contributed by atoms with E-state index in [0.717, 1.165) is 17.0 Å². The molecule has 7 heteroatoms. The Labute approximate surface area is 152 Å². The van der Waals surface area contributed by atoms with Crippen LogP contribution >= 0.6 is 11.8 Å². The maximum absolute atomic E-state index is 12.6. The normalized spacial score (nSPS) is 14.9. The summed E-state index contributed by atoms with van der Waals surface area (Å²) in [5, 5.41) is 12.9. The summed E-state index contributed by atoms with van der Waals surface area (Å²) >= 11 is 1.42. The van der Waals surface area contributed by atoms with Gasteiger partial charge < -0.3 is 10.2 Å². The lowest BCUT2D eigenvalue weighted by molar-refractivity contribution is -0.122. The van der Waals surface area contributed by atoms with Gasteiger partial charge in [-0.15, -0.1) is 0 Å². The number of thioether (sulfide) groups is 1. The van der Waals surface area contributed by atoms with Crippen LogP contribution in [0.2, 0.25) is 0 Å². The van der Waals surface area contributed by atoms with Gasteiger partial charge in [0, 0.05) is 18.5 Å². The first-order valence-electron chi connectivity index (χ1n) is 8.11. The smallest absolute Gasteiger partial charge is 0.234 e. The Hall–Kier alpha value is -2.30. The number of benzene rings is 1. The van der Waals surface area contributed by atoms with Gasteiger partial charge in [0.2, 0.25) is 5.91 Å². The summed E-state index contributed by atoms with van der Waals surface area (Å²) in [6.07, 6.45) is 0.864. The molecule has 0 spiro atoms. The average Bonchev–Trinajstić information content (AvgIpc) is 2.90. The van der Waals surface area contributed by atoms with Crippen molar-refractivity contribution < 1.29 is 9.59 Å². The van der Waals surface area contributed by atoms with E-state index >= 15 is 0 Å². The van der Waals surface area contributed by atoms with Gasteiger partial charge in [-0.2, -0.15) is 5.26 Å². The van der Waals surface area contributed by atoms with Gasteiger partial charge in [0.15, 0.2) is 5.78 Å². The Kier molecular flexibility index (Phi) is 6.62. The molecule has 6 nitrogen and oxygen atoms in total. The van der Waals surface area contributed by atoms with Crippen LogP contribution in [0.1, 0.15) is 13.3 Å². The van der Waals surface area contributed by atoms with Crippen LogP contribution in [0.5, 0.6) is 0 Å². The van der Waals surface area contributed by atoms with Gasteiger partial charge in [-0.3, -0.25) is 14.5 Å². The second-order valence-electron chi connectivity index (χ2n) is 5.87. The molecule has 1 heterocycles. The fourth-order valence-corrected chi connectivity index (χ4v) is 3.66. The van der Waals surface area contributed by atoms with E-state index in [1.807, 2.05) is 49.2 Å². The number of nitrogens with one attached hydrogen (secondary N) is 1. The molecule has 2 rings (SSSR count). The zero-order chi connectivity index (χ0) is 18.4. The van der Waals surface area contributed by atoms with Gasteiger partial charge in [0.05, 0.1) is 18.8 Å². The summed E-state index contributed by atoms with van der Waals surface area (Å²) in [7, 11) is 3.55. The van der Waals surface area contributed by atoms with Crippen molar-refractivity contribution in [2.45, 2.75) is 18.2 Å². The number of likely N-dealkylation sites (N-methyl/N-ethyl adjacent to an activating group) is 1. The molecule has 0 aliphatic carbocycles. The van der Waals surface area contributed by atoms with Crippen molar-refractivity contribution in [3.63, 3.8) is 0 Å². The lowest BCUT2D eigenvalue weighted by Crippen LogP contribution is -2.38. The quantitative estimate of drug-likeness (QED) is 0.593. The van der Waals surface area contributed by atoms with Crippen molar-refractivity contribution in [3.05, 3.63) is 34.9 Å². The van der Waals surface area contributed by atoms with Gasteiger partial charge >= 0.3 is 0 Å². The van der Waals surface area contributed by atoms with E-state index in [9.17, 15) is 14.9 Å². The first kappa shape index (κ1) is 19.0. The van der Waals surface area contributed by atoms with E-state index in [0.29, 0.717) is 11.6 Å². The highest BCUT2D eigenvalue weighted by Crippen LogP contribution is 2.46. The Morgan fingerprint density at radius 1 is 1.32 bits per heavy atom. The molecule has 1 aromatic rings. The van der Waals surface area contributed by atoms with Crippen LogP contribution in [0, 0.1) is 11.3 Å². The molecular weight excluding hydrogens is 336 g/mol. The van der Waals surface area contributed by atoms with Crippen molar-refractivity contribution in [2.75, 3.05) is 38.6 Å². The summed E-state index contributed by atoms with van der Waals surface area (Å²) in [5.74, 6) is -0.404. The van der Waals surface area contributed by atoms with Crippen molar-refractivity contribution >= 4 is 29.1 Å². The van der Waals surface area contributed by atoms with E-state index in [1.165, 1.54) is 11.8 Å². The SMILES string of the molecule is CCCNC(=O)CN(C)CC(=O)/C(C#N)=C1\Sc2ccccc2N1C. The van der Waals surface area contributed by atoms with E-state index in [2.05, 4.69) is 5.32 Å². The van der Waals surface area contributed by atoms with E-state index in [4.69, 9.17) is 0 Å². The zero-order valence-electron chi connectivity index (χ0n) is 14.7. The number of carbonyl (C=O) groups excluding carboxylic acids is 2. The van der Waals surface area contributed by atoms with Crippen LogP contribution in [0.15, 0.2) is 39.8 Å². The number of hydrogen-bond acceptors (Lipinski definition) is 6. The minimum absolute atomic E-state index is 0.0245. The number of para-hydroxylation sites is 1. The third-order valence-corrected chi connectivity index (χ3v) is 4.98. The number of Topliss-reactive ketones (excluding diaryl/α,β-unsaturated/α-hetero) is 1. The summed E-state index contributed by atoms with van der Waals surface area (Å²) < 4.78 is 0. The van der Waals surface area contributed by atoms with Crippen LogP contribution in [-0.2, 0) is 9.59 Å². The monoisotopic (exact) mass is 358 g/mol. The number of rotatable bonds is 7. The molecule has 0 saturated carbocycles. The lowest BCUT2D eigenvalue weighted by atomic mass is 10.2. The molecule has 0 saturated heterocycles. The Morgan fingerprint density at radius 2 is 2.04 bits per heavy atom. The second-order valence-corrected chi connectivity index (χ2v) is 6.90. The van der Waals surface area contributed by atoms with Crippen LogP contribution in [0.25, 0.3) is 0 Å². The van der Waals surface area contributed by atoms with Crippen LogP contribution < -0.4 is 10.2 Å². The van der Waals surface area contributed by atoms with Crippen LogP contribution in [-0.4, -0.2) is 50.3 Å². The molecule has 0 unspecified atom stereocenters. The number of ketones is 1. The highest BCUT2D eigenvalue weighted by atomic mass is 32.2. The number of nitriles is 1. The summed E-state index contributed by atoms with van der Waals surface area (Å²) in [4.78, 5) is 28.8. The minimum atomic E-state index is -0.282. The molecule has 132 valence electrons. The zero-order valence-corrected chi connectivity index (χ0v) is 15.5. The van der Waals surface area contributed by atoms with Gasteiger partial charge in [-0.1, -0.05) is 30.8 Å². The largest absolute Gasteiger partial charge is 0.355 e. The summed E-state index contributed by atoms with van der Waals surface area (Å²) in [5.41, 5.74) is 1.11. The van der Waals surface area contributed by atoms with Gasteiger partial charge in [-0.25, -0.2) is 0 Å². The molecule has 0 radical (unpaired) electrons. The Balaban J connectivity index is 2.07. The molecule has 0 atom stereocenters. The maximum atomic E-state index is 12.6. The van der Waals surface area contributed by atoms with Crippen LogP contribution in [0.4, 0.5) is 5.69 Å². The second kappa shape index (κ2) is 8.70. The predicted molar refractivity (Wildman–Crippen MR) is 99.1 cm³/mol. The summed E-state index contributed by atoms with van der Waals surface area (Å²) in [6, 6.07) is 9.82. The number of hydrogen-bond donors (Lipinski definition) is 1. The number of amides is 1. The van der Waals surface area contributed by atoms with Crippen LogP contribution in [0.3, 0.4) is 0 Å². The fourth-order valence-electron chi connectivity index (χ4n) is 2.50. The van der Waals surface area contributed by atoms with Crippen molar-refractivity contribution in [1.29, 1.82) is 5.26 Å². The highest BCUT2D eigenvalue weighted by Gasteiger charge is 2.28. The lowest BCUT2D eigenvalue weighted by Gasteiger charge is -2.17. The number of carbonyl (C=O) groups is 2.